The molecule has 0 saturated heterocycles. The van der Waals surface area contributed by atoms with E-state index in [1.807, 2.05) is 18.2 Å². The Bertz CT molecular complexity index is 836. The van der Waals surface area contributed by atoms with Crippen LogP contribution in [0, 0.1) is 0 Å². The van der Waals surface area contributed by atoms with Gasteiger partial charge in [-0.3, -0.25) is 9.78 Å². The Morgan fingerprint density at radius 3 is 2.67 bits per heavy atom. The Kier molecular flexibility index (Phi) is 3.37. The molecule has 6 heteroatoms. The minimum absolute atomic E-state index is 0.139. The van der Waals surface area contributed by atoms with E-state index < -0.39 is 5.97 Å². The molecule has 1 amide bonds. The average molecular weight is 298 g/mol. The zero-order chi connectivity index (χ0) is 14.8. The first-order chi connectivity index (χ1) is 10.1. The molecule has 21 heavy (non-hydrogen) atoms. The molecule has 2 aromatic heterocycles. The highest BCUT2D eigenvalue weighted by Gasteiger charge is 2.13. The lowest BCUT2D eigenvalue weighted by Gasteiger charge is -2.07. The number of fused-ring (bicyclic) bond motifs is 1. The Labute approximate surface area is 123 Å². The summed E-state index contributed by atoms with van der Waals surface area (Å²) in [5.74, 6) is -1.36. The van der Waals surface area contributed by atoms with Gasteiger partial charge in [0, 0.05) is 17.8 Å². The van der Waals surface area contributed by atoms with Crippen molar-refractivity contribution in [2.45, 2.75) is 0 Å². The highest BCUT2D eigenvalue weighted by atomic mass is 32.1. The van der Waals surface area contributed by atoms with Gasteiger partial charge in [-0.1, -0.05) is 12.1 Å². The van der Waals surface area contributed by atoms with Crippen molar-refractivity contribution in [1.29, 1.82) is 0 Å². The number of anilines is 1. The second kappa shape index (κ2) is 5.34. The van der Waals surface area contributed by atoms with Crippen molar-refractivity contribution in [2.75, 3.05) is 5.32 Å². The smallest absolute Gasteiger partial charge is 0.345 e. The van der Waals surface area contributed by atoms with Gasteiger partial charge in [0.1, 0.15) is 4.88 Å². The van der Waals surface area contributed by atoms with E-state index in [1.54, 1.807) is 18.5 Å². The second-order valence-electron chi connectivity index (χ2n) is 4.33. The van der Waals surface area contributed by atoms with E-state index in [0.717, 1.165) is 22.1 Å². The molecule has 0 radical (unpaired) electrons. The lowest BCUT2D eigenvalue weighted by atomic mass is 10.1. The summed E-state index contributed by atoms with van der Waals surface area (Å²) in [7, 11) is 0. The number of carbonyl (C=O) groups is 2. The van der Waals surface area contributed by atoms with Gasteiger partial charge in [-0.25, -0.2) is 4.79 Å². The Morgan fingerprint density at radius 1 is 1.10 bits per heavy atom. The number of aromatic carboxylic acids is 1. The monoisotopic (exact) mass is 298 g/mol. The molecule has 104 valence electrons. The molecule has 0 fully saturated rings. The molecule has 2 heterocycles. The lowest BCUT2D eigenvalue weighted by Crippen LogP contribution is -2.10. The van der Waals surface area contributed by atoms with Crippen molar-refractivity contribution in [2.24, 2.45) is 0 Å². The molecule has 0 unspecified atom stereocenters. The maximum absolute atomic E-state index is 12.2. The highest BCUT2D eigenvalue weighted by molar-refractivity contribution is 7.16. The molecular weight excluding hydrogens is 288 g/mol. The van der Waals surface area contributed by atoms with Crippen molar-refractivity contribution in [3.8, 4) is 0 Å². The van der Waals surface area contributed by atoms with Crippen molar-refractivity contribution in [3.63, 3.8) is 0 Å². The van der Waals surface area contributed by atoms with E-state index in [9.17, 15) is 9.59 Å². The molecular formula is C15H10N2O3S. The summed E-state index contributed by atoms with van der Waals surface area (Å²) in [5.41, 5.74) is 0.649. The summed E-state index contributed by atoms with van der Waals surface area (Å²) in [4.78, 5) is 27.6. The van der Waals surface area contributed by atoms with Crippen LogP contribution in [0.2, 0.25) is 0 Å². The van der Waals surface area contributed by atoms with Gasteiger partial charge < -0.3 is 10.4 Å². The van der Waals surface area contributed by atoms with Crippen LogP contribution in [0.25, 0.3) is 10.8 Å². The molecule has 0 aliphatic rings. The first-order valence-electron chi connectivity index (χ1n) is 6.12. The summed E-state index contributed by atoms with van der Waals surface area (Å²) in [6.45, 7) is 0. The predicted octanol–water partition coefficient (Wildman–Crippen LogP) is 3.25. The van der Waals surface area contributed by atoms with Gasteiger partial charge in [0.2, 0.25) is 0 Å². The van der Waals surface area contributed by atoms with E-state index in [-0.39, 0.29) is 10.8 Å². The summed E-state index contributed by atoms with van der Waals surface area (Å²) in [5, 5.41) is 13.5. The lowest BCUT2D eigenvalue weighted by molar-refractivity contribution is 0.0702. The van der Waals surface area contributed by atoms with Crippen LogP contribution in [0.3, 0.4) is 0 Å². The van der Waals surface area contributed by atoms with Gasteiger partial charge in [-0.2, -0.15) is 0 Å². The van der Waals surface area contributed by atoms with Crippen molar-refractivity contribution in [3.05, 3.63) is 58.5 Å². The zero-order valence-corrected chi connectivity index (χ0v) is 11.6. The molecule has 3 rings (SSSR count). The fourth-order valence-electron chi connectivity index (χ4n) is 1.98. The topological polar surface area (TPSA) is 79.3 Å². The number of thiophene rings is 1. The van der Waals surface area contributed by atoms with Gasteiger partial charge in [-0.05, 0) is 29.7 Å². The first-order valence-corrected chi connectivity index (χ1v) is 6.94. The molecule has 0 saturated carbocycles. The van der Waals surface area contributed by atoms with Gasteiger partial charge in [0.25, 0.3) is 5.91 Å². The predicted molar refractivity (Wildman–Crippen MR) is 81.0 cm³/mol. The van der Waals surface area contributed by atoms with Crippen LogP contribution in [-0.4, -0.2) is 22.0 Å². The van der Waals surface area contributed by atoms with Crippen LogP contribution in [0.5, 0.6) is 0 Å². The van der Waals surface area contributed by atoms with Crippen molar-refractivity contribution >= 4 is 39.7 Å². The number of carboxylic acids is 1. The number of hydrogen-bond donors (Lipinski definition) is 2. The number of aromatic nitrogens is 1. The standard InChI is InChI=1S/C15H10N2O3S/c18-14(12-4-5-13(21-12)15(19)20)17-11-3-1-2-9-6-7-16-8-10(9)11/h1-8H,(H,17,18)(H,19,20). The Hall–Kier alpha value is -2.73. The number of carboxylic acid groups (broad SMARTS) is 1. The molecule has 5 nitrogen and oxygen atoms in total. The fourth-order valence-corrected chi connectivity index (χ4v) is 2.72. The normalized spacial score (nSPS) is 10.5. The third-order valence-electron chi connectivity index (χ3n) is 2.97. The molecule has 0 aliphatic carbocycles. The number of carbonyl (C=O) groups excluding carboxylic acids is 1. The van der Waals surface area contributed by atoms with Crippen LogP contribution in [0.1, 0.15) is 19.3 Å². The molecule has 0 atom stereocenters. The molecule has 0 bridgehead atoms. The SMILES string of the molecule is O=C(O)c1ccc(C(=O)Nc2cccc3ccncc23)s1. The van der Waals surface area contributed by atoms with Gasteiger partial charge in [0.15, 0.2) is 0 Å². The van der Waals surface area contributed by atoms with E-state index in [1.165, 1.54) is 12.1 Å². The van der Waals surface area contributed by atoms with Crippen LogP contribution in [0.4, 0.5) is 5.69 Å². The van der Waals surface area contributed by atoms with Crippen LogP contribution >= 0.6 is 11.3 Å². The summed E-state index contributed by atoms with van der Waals surface area (Å²) < 4.78 is 0. The third kappa shape index (κ3) is 2.61. The first kappa shape index (κ1) is 13.3. The molecule has 0 spiro atoms. The average Bonchev–Trinajstić information content (AvgIpc) is 2.98. The summed E-state index contributed by atoms with van der Waals surface area (Å²) in [6, 6.07) is 10.3. The van der Waals surface area contributed by atoms with E-state index in [2.05, 4.69) is 10.3 Å². The third-order valence-corrected chi connectivity index (χ3v) is 4.04. The van der Waals surface area contributed by atoms with Crippen LogP contribution in [0.15, 0.2) is 48.8 Å². The number of nitrogens with one attached hydrogen (secondary N) is 1. The molecule has 0 aliphatic heterocycles. The number of rotatable bonds is 3. The minimum Gasteiger partial charge on any atom is -0.477 e. The van der Waals surface area contributed by atoms with Crippen LogP contribution < -0.4 is 5.32 Å². The van der Waals surface area contributed by atoms with Gasteiger partial charge in [-0.15, -0.1) is 11.3 Å². The Morgan fingerprint density at radius 2 is 1.90 bits per heavy atom. The maximum Gasteiger partial charge on any atom is 0.345 e. The Balaban J connectivity index is 1.91. The maximum atomic E-state index is 12.2. The summed E-state index contributed by atoms with van der Waals surface area (Å²) in [6.07, 6.45) is 3.37. The number of benzene rings is 1. The summed E-state index contributed by atoms with van der Waals surface area (Å²) >= 11 is 0.947. The fraction of sp³-hybridized carbons (Fsp3) is 0. The van der Waals surface area contributed by atoms with Gasteiger partial charge in [0.05, 0.1) is 10.6 Å². The van der Waals surface area contributed by atoms with Crippen molar-refractivity contribution in [1.82, 2.24) is 4.98 Å². The largest absolute Gasteiger partial charge is 0.477 e. The molecule has 3 aromatic rings. The number of nitrogens with zero attached hydrogens (tertiary/aromatic N) is 1. The van der Waals surface area contributed by atoms with E-state index >= 15 is 0 Å². The minimum atomic E-state index is -1.03. The highest BCUT2D eigenvalue weighted by Crippen LogP contribution is 2.24. The quantitative estimate of drug-likeness (QED) is 0.778. The molecule has 1 aromatic carbocycles. The number of amides is 1. The van der Waals surface area contributed by atoms with Crippen LogP contribution in [-0.2, 0) is 0 Å². The number of hydrogen-bond acceptors (Lipinski definition) is 4. The van der Waals surface area contributed by atoms with Crippen molar-refractivity contribution < 1.29 is 14.7 Å². The van der Waals surface area contributed by atoms with E-state index in [4.69, 9.17) is 5.11 Å². The second-order valence-corrected chi connectivity index (χ2v) is 5.41. The zero-order valence-electron chi connectivity index (χ0n) is 10.7. The van der Waals surface area contributed by atoms with Gasteiger partial charge >= 0.3 is 5.97 Å². The number of pyridine rings is 1. The molecule has 2 N–H and O–H groups in total. The van der Waals surface area contributed by atoms with E-state index in [0.29, 0.717) is 10.6 Å².